The van der Waals surface area contributed by atoms with Gasteiger partial charge in [0, 0.05) is 18.8 Å². The summed E-state index contributed by atoms with van der Waals surface area (Å²) in [6, 6.07) is 4.60. The Hall–Kier alpha value is -1.79. The molecule has 0 aliphatic heterocycles. The average Bonchev–Trinajstić information content (AvgIpc) is 2.41. The van der Waals surface area contributed by atoms with Crippen LogP contribution in [-0.2, 0) is 9.59 Å². The fraction of sp³-hybridized carbons (Fsp3) is 0.385. The topological polar surface area (TPSA) is 104 Å². The summed E-state index contributed by atoms with van der Waals surface area (Å²) >= 11 is 5.89. The molecule has 0 heterocycles. The number of aliphatic hydroxyl groups is 1. The second-order valence-corrected chi connectivity index (χ2v) is 4.64. The first-order chi connectivity index (χ1) is 9.54. The highest BCUT2D eigenvalue weighted by Crippen LogP contribution is 2.23. The fourth-order valence-electron chi connectivity index (χ4n) is 1.51. The molecule has 1 aromatic rings. The third-order valence-electron chi connectivity index (χ3n) is 2.57. The number of nitrogen functional groups attached to an aromatic ring is 1. The molecule has 1 rings (SSSR count). The number of unbranched alkanes of at least 4 members (excludes halogenated alkanes) is 2. The quantitative estimate of drug-likeness (QED) is 0.359. The molecule has 0 aliphatic rings. The van der Waals surface area contributed by atoms with Crippen LogP contribution in [0.1, 0.15) is 19.3 Å². The van der Waals surface area contributed by atoms with Gasteiger partial charge in [-0.3, -0.25) is 9.59 Å². The van der Waals surface area contributed by atoms with E-state index in [0.717, 1.165) is 6.42 Å². The summed E-state index contributed by atoms with van der Waals surface area (Å²) in [6.45, 7) is 0.520. The lowest BCUT2D eigenvalue weighted by atomic mass is 10.2. The van der Waals surface area contributed by atoms with Crippen LogP contribution in [0.4, 0.5) is 11.4 Å². The zero-order valence-corrected chi connectivity index (χ0v) is 11.7. The number of nitrogens with two attached hydrogens (primary N) is 1. The molecular weight excluding hydrogens is 282 g/mol. The Bertz CT molecular complexity index is 480. The van der Waals surface area contributed by atoms with E-state index in [1.807, 2.05) is 0 Å². The summed E-state index contributed by atoms with van der Waals surface area (Å²) in [5.74, 6) is -1.50. The van der Waals surface area contributed by atoms with Gasteiger partial charge in [0.1, 0.15) is 0 Å². The van der Waals surface area contributed by atoms with Crippen LogP contribution in [0.5, 0.6) is 0 Å². The monoisotopic (exact) mass is 299 g/mol. The van der Waals surface area contributed by atoms with E-state index in [9.17, 15) is 9.59 Å². The van der Waals surface area contributed by atoms with Gasteiger partial charge >= 0.3 is 11.8 Å². The molecule has 110 valence electrons. The Balaban J connectivity index is 2.39. The van der Waals surface area contributed by atoms with Crippen molar-refractivity contribution in [2.24, 2.45) is 0 Å². The normalized spacial score (nSPS) is 10.1. The van der Waals surface area contributed by atoms with Crippen molar-refractivity contribution in [2.75, 3.05) is 24.2 Å². The van der Waals surface area contributed by atoms with Gasteiger partial charge in [-0.1, -0.05) is 11.6 Å². The minimum absolute atomic E-state index is 0.129. The number of aliphatic hydroxyl groups excluding tert-OH is 1. The first-order valence-electron chi connectivity index (χ1n) is 6.29. The highest BCUT2D eigenvalue weighted by molar-refractivity contribution is 6.41. The average molecular weight is 300 g/mol. The maximum absolute atomic E-state index is 11.6. The molecular formula is C13H18ClN3O3. The van der Waals surface area contributed by atoms with Crippen LogP contribution in [0.3, 0.4) is 0 Å². The molecule has 7 heteroatoms. The zero-order valence-electron chi connectivity index (χ0n) is 11.0. The molecule has 0 fully saturated rings. The third-order valence-corrected chi connectivity index (χ3v) is 2.88. The van der Waals surface area contributed by atoms with Crippen LogP contribution in [-0.4, -0.2) is 30.1 Å². The van der Waals surface area contributed by atoms with Crippen molar-refractivity contribution < 1.29 is 14.7 Å². The molecule has 6 nitrogen and oxygen atoms in total. The molecule has 0 saturated heterocycles. The minimum Gasteiger partial charge on any atom is -0.399 e. The summed E-state index contributed by atoms with van der Waals surface area (Å²) in [6.07, 6.45) is 2.19. The number of amides is 2. The Morgan fingerprint density at radius 3 is 2.60 bits per heavy atom. The largest absolute Gasteiger partial charge is 0.399 e. The molecule has 0 spiro atoms. The van der Waals surface area contributed by atoms with Crippen molar-refractivity contribution in [3.8, 4) is 0 Å². The second kappa shape index (κ2) is 8.39. The van der Waals surface area contributed by atoms with E-state index in [4.69, 9.17) is 22.4 Å². The minimum atomic E-state index is -0.779. The number of carbonyl (C=O) groups excluding carboxylic acids is 2. The van der Waals surface area contributed by atoms with Gasteiger partial charge in [-0.2, -0.15) is 0 Å². The molecule has 5 N–H and O–H groups in total. The lowest BCUT2D eigenvalue weighted by Crippen LogP contribution is -2.36. The van der Waals surface area contributed by atoms with E-state index in [0.29, 0.717) is 30.8 Å². The molecule has 20 heavy (non-hydrogen) atoms. The standard InChI is InChI=1S/C13H18ClN3O3/c14-10-8-9(15)4-5-11(10)17-13(20)12(19)16-6-2-1-3-7-18/h4-5,8,18H,1-3,6-7,15H2,(H,16,19)(H,17,20). The fourth-order valence-corrected chi connectivity index (χ4v) is 1.74. The van der Waals surface area contributed by atoms with Gasteiger partial charge in [0.2, 0.25) is 0 Å². The van der Waals surface area contributed by atoms with Crippen molar-refractivity contribution in [2.45, 2.75) is 19.3 Å². The second-order valence-electron chi connectivity index (χ2n) is 4.23. The Morgan fingerprint density at radius 2 is 1.95 bits per heavy atom. The maximum Gasteiger partial charge on any atom is 0.313 e. The molecule has 0 bridgehead atoms. The molecule has 0 atom stereocenters. The molecule has 0 saturated carbocycles. The lowest BCUT2D eigenvalue weighted by Gasteiger charge is -2.08. The predicted octanol–water partition coefficient (Wildman–Crippen LogP) is 1.14. The van der Waals surface area contributed by atoms with E-state index in [1.54, 1.807) is 6.07 Å². The van der Waals surface area contributed by atoms with Crippen molar-refractivity contribution in [3.63, 3.8) is 0 Å². The van der Waals surface area contributed by atoms with Crippen molar-refractivity contribution >= 4 is 34.8 Å². The van der Waals surface area contributed by atoms with Gasteiger partial charge in [-0.15, -0.1) is 0 Å². The Kier molecular flexibility index (Phi) is 6.83. The highest BCUT2D eigenvalue weighted by atomic mass is 35.5. The SMILES string of the molecule is Nc1ccc(NC(=O)C(=O)NCCCCCO)c(Cl)c1. The van der Waals surface area contributed by atoms with Gasteiger partial charge in [0.15, 0.2) is 0 Å². The Labute approximate surface area is 122 Å². The smallest absolute Gasteiger partial charge is 0.313 e. The number of hydrogen-bond acceptors (Lipinski definition) is 4. The summed E-state index contributed by atoms with van der Waals surface area (Å²) < 4.78 is 0. The van der Waals surface area contributed by atoms with E-state index < -0.39 is 11.8 Å². The van der Waals surface area contributed by atoms with Gasteiger partial charge in [-0.05, 0) is 37.5 Å². The summed E-state index contributed by atoms with van der Waals surface area (Å²) in [7, 11) is 0. The van der Waals surface area contributed by atoms with Crippen molar-refractivity contribution in [3.05, 3.63) is 23.2 Å². The molecule has 2 amide bonds. The third kappa shape index (κ3) is 5.46. The molecule has 0 unspecified atom stereocenters. The van der Waals surface area contributed by atoms with Crippen LogP contribution in [0, 0.1) is 0 Å². The summed E-state index contributed by atoms with van der Waals surface area (Å²) in [5, 5.41) is 13.8. The van der Waals surface area contributed by atoms with E-state index in [2.05, 4.69) is 10.6 Å². The number of rotatable bonds is 6. The number of benzene rings is 1. The number of halogens is 1. The number of nitrogens with one attached hydrogen (secondary N) is 2. The zero-order chi connectivity index (χ0) is 15.0. The lowest BCUT2D eigenvalue weighted by molar-refractivity contribution is -0.136. The van der Waals surface area contributed by atoms with E-state index >= 15 is 0 Å². The van der Waals surface area contributed by atoms with Crippen molar-refractivity contribution in [1.82, 2.24) is 5.32 Å². The van der Waals surface area contributed by atoms with Gasteiger partial charge in [0.05, 0.1) is 10.7 Å². The van der Waals surface area contributed by atoms with Crippen LogP contribution >= 0.6 is 11.6 Å². The molecule has 1 aromatic carbocycles. The van der Waals surface area contributed by atoms with Crippen molar-refractivity contribution in [1.29, 1.82) is 0 Å². The number of carbonyl (C=O) groups is 2. The molecule has 0 radical (unpaired) electrons. The number of hydrogen-bond donors (Lipinski definition) is 4. The molecule has 0 aromatic heterocycles. The van der Waals surface area contributed by atoms with Crippen LogP contribution in [0.25, 0.3) is 0 Å². The summed E-state index contributed by atoms with van der Waals surface area (Å²) in [4.78, 5) is 23.1. The first kappa shape index (κ1) is 16.3. The van der Waals surface area contributed by atoms with Gasteiger partial charge in [0.25, 0.3) is 0 Å². The maximum atomic E-state index is 11.6. The van der Waals surface area contributed by atoms with E-state index in [1.165, 1.54) is 12.1 Å². The van der Waals surface area contributed by atoms with Gasteiger partial charge in [-0.25, -0.2) is 0 Å². The van der Waals surface area contributed by atoms with Crippen LogP contribution in [0.15, 0.2) is 18.2 Å². The predicted molar refractivity (Wildman–Crippen MR) is 78.4 cm³/mol. The van der Waals surface area contributed by atoms with Crippen LogP contribution in [0.2, 0.25) is 5.02 Å². The van der Waals surface area contributed by atoms with E-state index in [-0.39, 0.29) is 11.6 Å². The van der Waals surface area contributed by atoms with Gasteiger partial charge < -0.3 is 21.5 Å². The number of anilines is 2. The Morgan fingerprint density at radius 1 is 1.20 bits per heavy atom. The van der Waals surface area contributed by atoms with Crippen LogP contribution < -0.4 is 16.4 Å². The highest BCUT2D eigenvalue weighted by Gasteiger charge is 2.14. The first-order valence-corrected chi connectivity index (χ1v) is 6.67. The summed E-state index contributed by atoms with van der Waals surface area (Å²) in [5.41, 5.74) is 6.34. The molecule has 0 aliphatic carbocycles.